The van der Waals surface area contributed by atoms with Gasteiger partial charge in [-0.15, -0.1) is 0 Å². The van der Waals surface area contributed by atoms with Crippen LogP contribution in [0.2, 0.25) is 0 Å². The highest BCUT2D eigenvalue weighted by Gasteiger charge is 2.08. The molecule has 0 unspecified atom stereocenters. The number of aromatic nitrogens is 2. The fourth-order valence-corrected chi connectivity index (χ4v) is 1.56. The molecule has 2 aromatic rings. The summed E-state index contributed by atoms with van der Waals surface area (Å²) in [6.07, 6.45) is 1.44. The number of methoxy groups -OCH3 is 1. The van der Waals surface area contributed by atoms with Crippen molar-refractivity contribution in [3.63, 3.8) is 0 Å². The Labute approximate surface area is 104 Å². The number of aromatic amines is 1. The maximum absolute atomic E-state index is 9.89. The van der Waals surface area contributed by atoms with Crippen LogP contribution < -0.4 is 10.1 Å². The molecule has 0 fully saturated rings. The predicted octanol–water partition coefficient (Wildman–Crippen LogP) is 1.61. The third kappa shape index (κ3) is 2.20. The monoisotopic (exact) mass is 244 g/mol. The molecule has 0 atom stereocenters. The molecule has 1 aromatic carbocycles. The average molecular weight is 244 g/mol. The van der Waals surface area contributed by atoms with Crippen molar-refractivity contribution in [2.24, 2.45) is 0 Å². The minimum atomic E-state index is 0.0884. The Kier molecular flexibility index (Phi) is 3.34. The first-order valence-corrected chi connectivity index (χ1v) is 5.28. The number of rotatable bonds is 4. The number of H-pyrrole nitrogens is 1. The van der Waals surface area contributed by atoms with Gasteiger partial charge in [-0.1, -0.05) is 12.1 Å². The third-order valence-corrected chi connectivity index (χ3v) is 2.52. The first-order chi connectivity index (χ1) is 8.76. The number of ether oxygens (including phenoxy) is 1. The Hall–Kier alpha value is -2.68. The molecule has 0 saturated heterocycles. The van der Waals surface area contributed by atoms with Crippen LogP contribution in [0.4, 0.5) is 5.82 Å². The first kappa shape index (κ1) is 11.8. The zero-order chi connectivity index (χ0) is 13.0. The fourth-order valence-electron chi connectivity index (χ4n) is 1.56. The summed E-state index contributed by atoms with van der Waals surface area (Å²) >= 11 is 0. The summed E-state index contributed by atoms with van der Waals surface area (Å²) in [5.41, 5.74) is 1.10. The predicted molar refractivity (Wildman–Crippen MR) is 65.3 cm³/mol. The molecule has 3 N–H and O–H groups in total. The van der Waals surface area contributed by atoms with E-state index in [2.05, 4.69) is 15.5 Å². The van der Waals surface area contributed by atoms with Crippen LogP contribution in [0.5, 0.6) is 11.5 Å². The van der Waals surface area contributed by atoms with Crippen molar-refractivity contribution in [3.05, 3.63) is 35.5 Å². The van der Waals surface area contributed by atoms with E-state index in [0.717, 1.165) is 0 Å². The van der Waals surface area contributed by atoms with Crippen LogP contribution in [0.25, 0.3) is 0 Å². The lowest BCUT2D eigenvalue weighted by atomic mass is 10.2. The molecule has 0 radical (unpaired) electrons. The molecule has 0 saturated carbocycles. The van der Waals surface area contributed by atoms with Crippen LogP contribution >= 0.6 is 0 Å². The fraction of sp³-hybridized carbons (Fsp3) is 0.167. The largest absolute Gasteiger partial charge is 0.504 e. The lowest BCUT2D eigenvalue weighted by Gasteiger charge is -2.09. The maximum atomic E-state index is 9.89. The quantitative estimate of drug-likeness (QED) is 0.759. The van der Waals surface area contributed by atoms with Crippen LogP contribution in [0, 0.1) is 11.3 Å². The second-order valence-corrected chi connectivity index (χ2v) is 3.59. The van der Waals surface area contributed by atoms with Gasteiger partial charge in [0.15, 0.2) is 11.5 Å². The SMILES string of the molecule is COc1cccc(CNc2[nH]ncc2C#N)c1O. The van der Waals surface area contributed by atoms with Gasteiger partial charge in [-0.05, 0) is 6.07 Å². The third-order valence-electron chi connectivity index (χ3n) is 2.52. The van der Waals surface area contributed by atoms with Gasteiger partial charge in [0, 0.05) is 12.1 Å². The molecule has 0 aliphatic rings. The van der Waals surface area contributed by atoms with Crippen LogP contribution in [0.3, 0.4) is 0 Å². The summed E-state index contributed by atoms with van der Waals surface area (Å²) in [6.45, 7) is 0.361. The molecule has 0 bridgehead atoms. The number of anilines is 1. The van der Waals surface area contributed by atoms with Gasteiger partial charge >= 0.3 is 0 Å². The van der Waals surface area contributed by atoms with E-state index in [1.54, 1.807) is 18.2 Å². The zero-order valence-corrected chi connectivity index (χ0v) is 9.77. The average Bonchev–Trinajstić information content (AvgIpc) is 2.85. The molecule has 6 nitrogen and oxygen atoms in total. The Morgan fingerprint density at radius 2 is 2.39 bits per heavy atom. The van der Waals surface area contributed by atoms with E-state index >= 15 is 0 Å². The highest BCUT2D eigenvalue weighted by Crippen LogP contribution is 2.29. The van der Waals surface area contributed by atoms with Crippen molar-refractivity contribution in [3.8, 4) is 17.6 Å². The summed E-state index contributed by atoms with van der Waals surface area (Å²) in [7, 11) is 1.49. The summed E-state index contributed by atoms with van der Waals surface area (Å²) in [6, 6.07) is 7.24. The molecule has 2 rings (SSSR count). The number of nitrogens with zero attached hydrogens (tertiary/aromatic N) is 2. The van der Waals surface area contributed by atoms with Crippen molar-refractivity contribution in [2.45, 2.75) is 6.54 Å². The Morgan fingerprint density at radius 3 is 3.11 bits per heavy atom. The summed E-state index contributed by atoms with van der Waals surface area (Å²) in [4.78, 5) is 0. The van der Waals surface area contributed by atoms with Crippen LogP contribution in [-0.4, -0.2) is 22.4 Å². The lowest BCUT2D eigenvalue weighted by Crippen LogP contribution is -2.02. The molecule has 92 valence electrons. The van der Waals surface area contributed by atoms with E-state index in [1.807, 2.05) is 6.07 Å². The van der Waals surface area contributed by atoms with Gasteiger partial charge in [-0.2, -0.15) is 10.4 Å². The highest BCUT2D eigenvalue weighted by atomic mass is 16.5. The highest BCUT2D eigenvalue weighted by molar-refractivity contribution is 5.52. The number of aromatic hydroxyl groups is 1. The van der Waals surface area contributed by atoms with Gasteiger partial charge in [-0.3, -0.25) is 5.10 Å². The molecule has 0 spiro atoms. The first-order valence-electron chi connectivity index (χ1n) is 5.28. The Morgan fingerprint density at radius 1 is 1.56 bits per heavy atom. The normalized spacial score (nSPS) is 9.78. The minimum Gasteiger partial charge on any atom is -0.504 e. The zero-order valence-electron chi connectivity index (χ0n) is 9.77. The smallest absolute Gasteiger partial charge is 0.162 e. The molecule has 18 heavy (non-hydrogen) atoms. The van der Waals surface area contributed by atoms with E-state index in [4.69, 9.17) is 10.00 Å². The van der Waals surface area contributed by atoms with Crippen molar-refractivity contribution in [1.29, 1.82) is 5.26 Å². The van der Waals surface area contributed by atoms with E-state index in [0.29, 0.717) is 29.2 Å². The summed E-state index contributed by atoms with van der Waals surface area (Å²) < 4.78 is 5.02. The van der Waals surface area contributed by atoms with Crippen molar-refractivity contribution < 1.29 is 9.84 Å². The number of para-hydroxylation sites is 1. The number of hydrogen-bond acceptors (Lipinski definition) is 5. The van der Waals surface area contributed by atoms with Gasteiger partial charge in [0.05, 0.1) is 13.3 Å². The summed E-state index contributed by atoms with van der Waals surface area (Å²) in [5, 5.41) is 28.1. The molecular weight excluding hydrogens is 232 g/mol. The molecule has 0 amide bonds. The standard InChI is InChI=1S/C12H12N4O2/c1-18-10-4-2-3-8(11(10)17)6-14-12-9(5-13)7-15-16-12/h2-4,7,17H,6H2,1H3,(H2,14,15,16). The number of hydrogen-bond donors (Lipinski definition) is 3. The number of nitriles is 1. The Bertz CT molecular complexity index is 586. The molecule has 0 aliphatic carbocycles. The number of phenols is 1. The summed E-state index contributed by atoms with van der Waals surface area (Å²) in [5.74, 6) is 1.03. The van der Waals surface area contributed by atoms with Crippen LogP contribution in [0.15, 0.2) is 24.4 Å². The number of benzene rings is 1. The maximum Gasteiger partial charge on any atom is 0.162 e. The van der Waals surface area contributed by atoms with E-state index in [-0.39, 0.29) is 5.75 Å². The molecule has 6 heteroatoms. The Balaban J connectivity index is 2.14. The lowest BCUT2D eigenvalue weighted by molar-refractivity contribution is 0.371. The van der Waals surface area contributed by atoms with E-state index in [9.17, 15) is 5.11 Å². The van der Waals surface area contributed by atoms with E-state index in [1.165, 1.54) is 13.3 Å². The minimum absolute atomic E-state index is 0.0884. The van der Waals surface area contributed by atoms with Crippen molar-refractivity contribution in [1.82, 2.24) is 10.2 Å². The molecular formula is C12H12N4O2. The van der Waals surface area contributed by atoms with Crippen molar-refractivity contribution >= 4 is 5.82 Å². The second-order valence-electron chi connectivity index (χ2n) is 3.59. The number of nitrogens with one attached hydrogen (secondary N) is 2. The van der Waals surface area contributed by atoms with Gasteiger partial charge in [-0.25, -0.2) is 0 Å². The second kappa shape index (κ2) is 5.10. The molecule has 1 heterocycles. The van der Waals surface area contributed by atoms with E-state index < -0.39 is 0 Å². The topological polar surface area (TPSA) is 94.0 Å². The van der Waals surface area contributed by atoms with Crippen LogP contribution in [0.1, 0.15) is 11.1 Å². The molecule has 0 aliphatic heterocycles. The van der Waals surface area contributed by atoms with Crippen molar-refractivity contribution in [2.75, 3.05) is 12.4 Å². The van der Waals surface area contributed by atoms with Gasteiger partial charge in [0.25, 0.3) is 0 Å². The van der Waals surface area contributed by atoms with Gasteiger partial charge in [0.1, 0.15) is 17.5 Å². The number of phenolic OH excluding ortho intramolecular Hbond substituents is 1. The van der Waals surface area contributed by atoms with Gasteiger partial charge < -0.3 is 15.2 Å². The molecule has 1 aromatic heterocycles. The van der Waals surface area contributed by atoms with Crippen LogP contribution in [-0.2, 0) is 6.54 Å². The van der Waals surface area contributed by atoms with Gasteiger partial charge in [0.2, 0.25) is 0 Å².